The second-order valence-electron chi connectivity index (χ2n) is 8.78. The summed E-state index contributed by atoms with van der Waals surface area (Å²) in [6.07, 6.45) is -0.677. The van der Waals surface area contributed by atoms with Crippen LogP contribution in [-0.4, -0.2) is 57.6 Å². The Labute approximate surface area is 182 Å². The number of ketones is 1. The summed E-state index contributed by atoms with van der Waals surface area (Å²) in [6.45, 7) is 4.14. The number of nitrogens with zero attached hydrogens (tertiary/aromatic N) is 4. The number of hydrogen-bond acceptors (Lipinski definition) is 4. The van der Waals surface area contributed by atoms with Crippen LogP contribution in [0.5, 0.6) is 0 Å². The number of carbonyl (C=O) groups is 2. The molecule has 172 valence electrons. The molecule has 2 aliphatic heterocycles. The zero-order valence-corrected chi connectivity index (χ0v) is 17.7. The van der Waals surface area contributed by atoms with Gasteiger partial charge in [0.25, 0.3) is 0 Å². The number of halogens is 4. The van der Waals surface area contributed by atoms with Crippen molar-refractivity contribution in [2.24, 2.45) is 5.41 Å². The van der Waals surface area contributed by atoms with E-state index in [9.17, 15) is 27.2 Å². The maximum Gasteiger partial charge on any atom is 0.416 e. The van der Waals surface area contributed by atoms with E-state index in [2.05, 4.69) is 10.00 Å². The van der Waals surface area contributed by atoms with E-state index in [-0.39, 0.29) is 29.5 Å². The van der Waals surface area contributed by atoms with Crippen molar-refractivity contribution in [2.45, 2.75) is 38.9 Å². The van der Waals surface area contributed by atoms with E-state index in [0.29, 0.717) is 37.8 Å². The molecule has 2 fully saturated rings. The molecule has 0 aliphatic carbocycles. The Bertz CT molecular complexity index is 1030. The summed E-state index contributed by atoms with van der Waals surface area (Å²) in [5.74, 6) is -1.09. The van der Waals surface area contributed by atoms with Gasteiger partial charge in [-0.1, -0.05) is 0 Å². The van der Waals surface area contributed by atoms with Crippen molar-refractivity contribution in [1.29, 1.82) is 0 Å². The first kappa shape index (κ1) is 22.4. The molecule has 10 heteroatoms. The first-order valence-corrected chi connectivity index (χ1v) is 10.5. The van der Waals surface area contributed by atoms with Crippen LogP contribution in [0.3, 0.4) is 0 Å². The lowest BCUT2D eigenvalue weighted by molar-refractivity contribution is -0.137. The van der Waals surface area contributed by atoms with Crippen molar-refractivity contribution in [3.05, 3.63) is 53.1 Å². The van der Waals surface area contributed by atoms with E-state index < -0.39 is 17.6 Å². The number of amides is 1. The second kappa shape index (κ2) is 8.31. The molecular formula is C22H24F4N4O2. The topological polar surface area (TPSA) is 58.4 Å². The quantitative estimate of drug-likeness (QED) is 0.518. The minimum atomic E-state index is -4.58. The molecule has 2 aliphatic rings. The molecule has 2 saturated heterocycles. The lowest BCUT2D eigenvalue weighted by Crippen LogP contribution is -2.45. The van der Waals surface area contributed by atoms with Crippen LogP contribution in [0.1, 0.15) is 47.8 Å². The first-order valence-electron chi connectivity index (χ1n) is 10.5. The maximum absolute atomic E-state index is 13.7. The molecule has 0 unspecified atom stereocenters. The van der Waals surface area contributed by atoms with Gasteiger partial charge in [-0.2, -0.15) is 23.0 Å². The van der Waals surface area contributed by atoms with Crippen LogP contribution in [0.15, 0.2) is 30.5 Å². The molecule has 0 bridgehead atoms. The van der Waals surface area contributed by atoms with Crippen LogP contribution in [0, 0.1) is 11.2 Å². The van der Waals surface area contributed by atoms with Gasteiger partial charge in [-0.3, -0.25) is 9.69 Å². The van der Waals surface area contributed by atoms with Crippen molar-refractivity contribution < 1.29 is 27.2 Å². The summed E-state index contributed by atoms with van der Waals surface area (Å²) < 4.78 is 53.8. The highest BCUT2D eigenvalue weighted by molar-refractivity contribution is 5.92. The van der Waals surface area contributed by atoms with Crippen LogP contribution in [-0.2, 0) is 12.7 Å². The van der Waals surface area contributed by atoms with Crippen LogP contribution in [0.2, 0.25) is 0 Å². The molecule has 3 heterocycles. The SMILES string of the molecule is CC(=O)c1ccn(C(=O)N2CCC3(CCN(Cc4cc(F)cc(C(F)(F)F)c4)C3)CC2)n1. The van der Waals surface area contributed by atoms with Crippen molar-refractivity contribution in [3.8, 4) is 0 Å². The normalized spacial score (nSPS) is 19.0. The number of carbonyl (C=O) groups excluding carboxylic acids is 2. The summed E-state index contributed by atoms with van der Waals surface area (Å²) >= 11 is 0. The molecule has 1 amide bonds. The monoisotopic (exact) mass is 452 g/mol. The van der Waals surface area contributed by atoms with Gasteiger partial charge in [-0.15, -0.1) is 0 Å². The largest absolute Gasteiger partial charge is 0.416 e. The van der Waals surface area contributed by atoms with E-state index in [1.54, 1.807) is 4.90 Å². The van der Waals surface area contributed by atoms with Crippen molar-refractivity contribution in [2.75, 3.05) is 26.2 Å². The average molecular weight is 452 g/mol. The molecular weight excluding hydrogens is 428 g/mol. The van der Waals surface area contributed by atoms with Gasteiger partial charge < -0.3 is 4.90 Å². The molecule has 1 spiro atoms. The smallest absolute Gasteiger partial charge is 0.323 e. The predicted molar refractivity (Wildman–Crippen MR) is 108 cm³/mol. The van der Waals surface area contributed by atoms with Crippen molar-refractivity contribution >= 4 is 11.8 Å². The fourth-order valence-corrected chi connectivity index (χ4v) is 4.67. The minimum Gasteiger partial charge on any atom is -0.323 e. The summed E-state index contributed by atoms with van der Waals surface area (Å²) in [6, 6.07) is 3.91. The first-order chi connectivity index (χ1) is 15.0. The second-order valence-corrected chi connectivity index (χ2v) is 8.78. The van der Waals surface area contributed by atoms with Gasteiger partial charge in [0.05, 0.1) is 5.56 Å². The number of aromatic nitrogens is 2. The minimum absolute atomic E-state index is 0.00831. The summed E-state index contributed by atoms with van der Waals surface area (Å²) in [5.41, 5.74) is -0.433. The van der Waals surface area contributed by atoms with Gasteiger partial charge in [0.1, 0.15) is 11.5 Å². The van der Waals surface area contributed by atoms with E-state index in [1.807, 2.05) is 0 Å². The molecule has 6 nitrogen and oxygen atoms in total. The third-order valence-corrected chi connectivity index (χ3v) is 6.45. The van der Waals surface area contributed by atoms with Gasteiger partial charge in [0.2, 0.25) is 0 Å². The van der Waals surface area contributed by atoms with Crippen LogP contribution in [0.25, 0.3) is 0 Å². The highest BCUT2D eigenvalue weighted by Crippen LogP contribution is 2.41. The standard InChI is InChI=1S/C22H24F4N4O2/c1-15(31)19-2-6-30(27-19)20(32)29-8-4-21(5-9-29)3-7-28(14-21)13-16-10-17(22(24,25)26)12-18(23)11-16/h2,6,10-12H,3-5,7-9,13-14H2,1H3. The van der Waals surface area contributed by atoms with Crippen LogP contribution in [0.4, 0.5) is 22.4 Å². The third-order valence-electron chi connectivity index (χ3n) is 6.45. The summed E-state index contributed by atoms with van der Waals surface area (Å²) in [7, 11) is 0. The zero-order chi connectivity index (χ0) is 23.1. The Morgan fingerprint density at radius 3 is 2.41 bits per heavy atom. The Morgan fingerprint density at radius 1 is 1.09 bits per heavy atom. The Hall–Kier alpha value is -2.75. The number of likely N-dealkylation sites (tertiary alicyclic amines) is 2. The highest BCUT2D eigenvalue weighted by Gasteiger charge is 2.41. The van der Waals surface area contributed by atoms with Gasteiger partial charge in [-0.25, -0.2) is 9.18 Å². The van der Waals surface area contributed by atoms with Gasteiger partial charge in [0.15, 0.2) is 5.78 Å². The average Bonchev–Trinajstić information content (AvgIpc) is 3.35. The number of benzene rings is 1. The molecule has 0 N–H and O–H groups in total. The van der Waals surface area contributed by atoms with Crippen molar-refractivity contribution in [1.82, 2.24) is 19.6 Å². The molecule has 1 aromatic carbocycles. The number of Topliss-reactive ketones (excluding diaryl/α,β-unsaturated/α-hetero) is 1. The van der Waals surface area contributed by atoms with Crippen molar-refractivity contribution in [3.63, 3.8) is 0 Å². The number of alkyl halides is 3. The maximum atomic E-state index is 13.7. The molecule has 0 saturated carbocycles. The number of rotatable bonds is 3. The van der Waals surface area contributed by atoms with E-state index in [0.717, 1.165) is 31.4 Å². The molecule has 0 atom stereocenters. The van der Waals surface area contributed by atoms with E-state index >= 15 is 0 Å². The highest BCUT2D eigenvalue weighted by atomic mass is 19.4. The Balaban J connectivity index is 1.35. The fourth-order valence-electron chi connectivity index (χ4n) is 4.67. The van der Waals surface area contributed by atoms with E-state index in [4.69, 9.17) is 0 Å². The number of piperidine rings is 1. The third kappa shape index (κ3) is 4.69. The van der Waals surface area contributed by atoms with Crippen LogP contribution >= 0.6 is 0 Å². The summed E-state index contributed by atoms with van der Waals surface area (Å²) in [5, 5.41) is 4.02. The lowest BCUT2D eigenvalue weighted by atomic mass is 9.78. The van der Waals surface area contributed by atoms with Crippen LogP contribution < -0.4 is 0 Å². The van der Waals surface area contributed by atoms with Gasteiger partial charge in [-0.05, 0) is 61.1 Å². The molecule has 32 heavy (non-hydrogen) atoms. The predicted octanol–water partition coefficient (Wildman–Crippen LogP) is 4.20. The molecule has 0 radical (unpaired) electrons. The zero-order valence-electron chi connectivity index (χ0n) is 17.7. The Morgan fingerprint density at radius 2 is 1.78 bits per heavy atom. The summed E-state index contributed by atoms with van der Waals surface area (Å²) in [4.78, 5) is 27.8. The van der Waals surface area contributed by atoms with Gasteiger partial charge >= 0.3 is 12.2 Å². The number of hydrogen-bond donors (Lipinski definition) is 0. The lowest BCUT2D eigenvalue weighted by Gasteiger charge is -2.39. The Kier molecular flexibility index (Phi) is 5.83. The van der Waals surface area contributed by atoms with E-state index in [1.165, 1.54) is 23.9 Å². The fraction of sp³-hybridized carbons (Fsp3) is 0.500. The molecule has 2 aromatic rings. The van der Waals surface area contributed by atoms with Gasteiger partial charge in [0, 0.05) is 39.3 Å². The molecule has 4 rings (SSSR count). The molecule has 1 aromatic heterocycles.